The van der Waals surface area contributed by atoms with Crippen molar-refractivity contribution in [3.63, 3.8) is 0 Å². The van der Waals surface area contributed by atoms with Gasteiger partial charge in [0.05, 0.1) is 0 Å². The number of hydrazine groups is 1. The average Bonchev–Trinajstić information content (AvgIpc) is 3.02. The second-order valence-electron chi connectivity index (χ2n) is 4.90. The van der Waals surface area contributed by atoms with E-state index in [4.69, 9.17) is 9.15 Å². The molecular formula is C17H15BrN2O5. The third kappa shape index (κ3) is 6.27. The predicted octanol–water partition coefficient (Wildman–Crippen LogP) is 2.37. The van der Waals surface area contributed by atoms with Crippen LogP contribution in [0.1, 0.15) is 21.9 Å². The first-order chi connectivity index (χ1) is 11.9. The number of ether oxygens (including phenoxy) is 1. The summed E-state index contributed by atoms with van der Waals surface area (Å²) in [6, 6.07) is 10.0. The van der Waals surface area contributed by atoms with Gasteiger partial charge in [0.15, 0.2) is 6.61 Å². The van der Waals surface area contributed by atoms with Crippen molar-refractivity contribution < 1.29 is 23.5 Å². The number of hydrogen-bond acceptors (Lipinski definition) is 5. The Morgan fingerprint density at radius 1 is 1.12 bits per heavy atom. The molecule has 0 saturated carbocycles. The first kappa shape index (κ1) is 18.5. The van der Waals surface area contributed by atoms with Crippen LogP contribution >= 0.6 is 15.9 Å². The molecule has 8 heteroatoms. The summed E-state index contributed by atoms with van der Waals surface area (Å²) in [5, 5.41) is 0. The van der Waals surface area contributed by atoms with E-state index in [0.29, 0.717) is 17.1 Å². The molecule has 25 heavy (non-hydrogen) atoms. The lowest BCUT2D eigenvalue weighted by Crippen LogP contribution is -2.43. The van der Waals surface area contributed by atoms with Crippen molar-refractivity contribution in [2.75, 3.05) is 6.61 Å². The topological polar surface area (TPSA) is 97.6 Å². The third-order valence-electron chi connectivity index (χ3n) is 2.91. The highest BCUT2D eigenvalue weighted by molar-refractivity contribution is 9.10. The van der Waals surface area contributed by atoms with Crippen LogP contribution in [0.3, 0.4) is 0 Å². The maximum Gasteiger partial charge on any atom is 0.331 e. The summed E-state index contributed by atoms with van der Waals surface area (Å²) >= 11 is 3.26. The Bertz CT molecular complexity index is 796. The Kier molecular flexibility index (Phi) is 6.53. The minimum atomic E-state index is -0.705. The van der Waals surface area contributed by atoms with Crippen LogP contribution in [0.4, 0.5) is 0 Å². The van der Waals surface area contributed by atoms with Gasteiger partial charge in [-0.2, -0.15) is 0 Å². The number of hydrogen-bond donors (Lipinski definition) is 2. The van der Waals surface area contributed by atoms with Crippen LogP contribution in [-0.2, 0) is 14.3 Å². The number of amides is 2. The summed E-state index contributed by atoms with van der Waals surface area (Å²) < 4.78 is 10.8. The lowest BCUT2D eigenvalue weighted by molar-refractivity contribution is -0.144. The van der Waals surface area contributed by atoms with Crippen LogP contribution in [0.2, 0.25) is 0 Å². The summed E-state index contributed by atoms with van der Waals surface area (Å²) in [6.07, 6.45) is 2.58. The number of esters is 1. The molecule has 0 bridgehead atoms. The Balaban J connectivity index is 1.71. The molecule has 0 fully saturated rings. The monoisotopic (exact) mass is 406 g/mol. The molecule has 0 unspecified atom stereocenters. The van der Waals surface area contributed by atoms with E-state index < -0.39 is 24.4 Å². The highest BCUT2D eigenvalue weighted by Gasteiger charge is 2.09. The molecule has 0 aliphatic carbocycles. The van der Waals surface area contributed by atoms with Gasteiger partial charge in [-0.15, -0.1) is 0 Å². The van der Waals surface area contributed by atoms with Crippen molar-refractivity contribution in [3.05, 3.63) is 64.0 Å². The normalized spacial score (nSPS) is 10.5. The smallest absolute Gasteiger partial charge is 0.331 e. The van der Waals surface area contributed by atoms with Gasteiger partial charge in [0.2, 0.25) is 0 Å². The average molecular weight is 407 g/mol. The summed E-state index contributed by atoms with van der Waals surface area (Å²) in [4.78, 5) is 34.8. The number of halogens is 1. The summed E-state index contributed by atoms with van der Waals surface area (Å²) in [6.45, 7) is 1.25. The minimum Gasteiger partial charge on any atom is -0.462 e. The molecule has 0 aliphatic heterocycles. The number of aryl methyl sites for hydroxylation is 1. The van der Waals surface area contributed by atoms with E-state index >= 15 is 0 Å². The van der Waals surface area contributed by atoms with Crippen LogP contribution in [-0.4, -0.2) is 24.4 Å². The molecule has 1 aromatic carbocycles. The summed E-state index contributed by atoms with van der Waals surface area (Å²) in [5.41, 5.74) is 4.75. The standard InChI is InChI=1S/C17H15BrN2O5/c1-11-2-7-14(25-11)8-9-16(22)24-10-15(21)19-20-17(23)12-3-5-13(18)6-4-12/h2-9H,10H2,1H3,(H,19,21)(H,20,23)/b9-8+. The maximum atomic E-state index is 11.8. The maximum absolute atomic E-state index is 11.8. The van der Waals surface area contributed by atoms with Gasteiger partial charge >= 0.3 is 5.97 Å². The molecule has 1 aromatic heterocycles. The molecule has 2 N–H and O–H groups in total. The SMILES string of the molecule is Cc1ccc(/C=C/C(=O)OCC(=O)NNC(=O)c2ccc(Br)cc2)o1. The molecule has 0 atom stereocenters. The van der Waals surface area contributed by atoms with E-state index in [1.807, 2.05) is 0 Å². The van der Waals surface area contributed by atoms with E-state index in [-0.39, 0.29) is 0 Å². The highest BCUT2D eigenvalue weighted by atomic mass is 79.9. The largest absolute Gasteiger partial charge is 0.462 e. The fraction of sp³-hybridized carbons (Fsp3) is 0.118. The molecular weight excluding hydrogens is 392 g/mol. The molecule has 7 nitrogen and oxygen atoms in total. The zero-order chi connectivity index (χ0) is 18.2. The zero-order valence-electron chi connectivity index (χ0n) is 13.2. The van der Waals surface area contributed by atoms with Crippen molar-refractivity contribution in [1.29, 1.82) is 0 Å². The molecule has 0 spiro atoms. The van der Waals surface area contributed by atoms with Crippen LogP contribution in [0, 0.1) is 6.92 Å². The lowest BCUT2D eigenvalue weighted by atomic mass is 10.2. The lowest BCUT2D eigenvalue weighted by Gasteiger charge is -2.07. The highest BCUT2D eigenvalue weighted by Crippen LogP contribution is 2.10. The zero-order valence-corrected chi connectivity index (χ0v) is 14.8. The Morgan fingerprint density at radius 2 is 1.84 bits per heavy atom. The Hall–Kier alpha value is -2.87. The van der Waals surface area contributed by atoms with Gasteiger partial charge < -0.3 is 9.15 Å². The van der Waals surface area contributed by atoms with E-state index in [2.05, 4.69) is 26.8 Å². The second kappa shape index (κ2) is 8.84. The quantitative estimate of drug-likeness (QED) is 0.451. The Labute approximate surface area is 152 Å². The van der Waals surface area contributed by atoms with E-state index in [1.54, 1.807) is 43.3 Å². The first-order valence-electron chi connectivity index (χ1n) is 7.20. The van der Waals surface area contributed by atoms with Crippen LogP contribution in [0.5, 0.6) is 0 Å². The molecule has 1 heterocycles. The molecule has 130 valence electrons. The number of nitrogens with one attached hydrogen (secondary N) is 2. The van der Waals surface area contributed by atoms with Crippen LogP contribution in [0.15, 0.2) is 51.4 Å². The fourth-order valence-corrected chi connectivity index (χ4v) is 1.98. The molecule has 2 aromatic rings. The molecule has 0 saturated heterocycles. The number of furan rings is 1. The molecule has 2 rings (SSSR count). The van der Waals surface area contributed by atoms with E-state index in [0.717, 1.165) is 10.5 Å². The summed E-state index contributed by atoms with van der Waals surface area (Å²) in [5.74, 6) is -0.640. The van der Waals surface area contributed by atoms with Gasteiger partial charge in [-0.1, -0.05) is 15.9 Å². The predicted molar refractivity (Wildman–Crippen MR) is 93.2 cm³/mol. The molecule has 0 radical (unpaired) electrons. The van der Waals surface area contributed by atoms with Gasteiger partial charge in [0.1, 0.15) is 11.5 Å². The number of rotatable bonds is 5. The van der Waals surface area contributed by atoms with Crippen molar-refractivity contribution in [3.8, 4) is 0 Å². The fourth-order valence-electron chi connectivity index (χ4n) is 1.71. The van der Waals surface area contributed by atoms with Gasteiger partial charge in [-0.25, -0.2) is 4.79 Å². The van der Waals surface area contributed by atoms with Gasteiger partial charge in [0.25, 0.3) is 11.8 Å². The van der Waals surface area contributed by atoms with E-state index in [1.165, 1.54) is 6.08 Å². The van der Waals surface area contributed by atoms with Crippen molar-refractivity contribution >= 4 is 39.8 Å². The molecule has 2 amide bonds. The van der Waals surface area contributed by atoms with Crippen LogP contribution in [0.25, 0.3) is 6.08 Å². The number of benzene rings is 1. The van der Waals surface area contributed by atoms with Crippen LogP contribution < -0.4 is 10.9 Å². The van der Waals surface area contributed by atoms with E-state index in [9.17, 15) is 14.4 Å². The number of carbonyl (C=O) groups is 3. The molecule has 0 aliphatic rings. The second-order valence-corrected chi connectivity index (χ2v) is 5.81. The first-order valence-corrected chi connectivity index (χ1v) is 7.99. The summed E-state index contributed by atoms with van der Waals surface area (Å²) in [7, 11) is 0. The minimum absolute atomic E-state index is 0.372. The van der Waals surface area contributed by atoms with Crippen molar-refractivity contribution in [2.24, 2.45) is 0 Å². The third-order valence-corrected chi connectivity index (χ3v) is 3.44. The van der Waals surface area contributed by atoms with Crippen molar-refractivity contribution in [1.82, 2.24) is 10.9 Å². The van der Waals surface area contributed by atoms with Crippen molar-refractivity contribution in [2.45, 2.75) is 6.92 Å². The Morgan fingerprint density at radius 3 is 2.48 bits per heavy atom. The van der Waals surface area contributed by atoms with Gasteiger partial charge in [-0.05, 0) is 49.4 Å². The van der Waals surface area contributed by atoms with Gasteiger partial charge in [0, 0.05) is 16.1 Å². The van der Waals surface area contributed by atoms with Gasteiger partial charge in [-0.3, -0.25) is 20.4 Å². The number of carbonyl (C=O) groups excluding carboxylic acids is 3.